The highest BCUT2D eigenvalue weighted by atomic mass is 79.9. The van der Waals surface area contributed by atoms with Gasteiger partial charge in [-0.25, -0.2) is 0 Å². The van der Waals surface area contributed by atoms with Crippen LogP contribution >= 0.6 is 15.9 Å². The van der Waals surface area contributed by atoms with E-state index in [4.69, 9.17) is 5.73 Å². The van der Waals surface area contributed by atoms with Gasteiger partial charge in [0.2, 0.25) is 0 Å². The second-order valence-electron chi connectivity index (χ2n) is 6.39. The number of likely N-dealkylation sites (tertiary alicyclic amines) is 1. The molecular formula is C17H25BrN2. The second kappa shape index (κ2) is 6.59. The summed E-state index contributed by atoms with van der Waals surface area (Å²) in [6.45, 7) is 3.20. The highest BCUT2D eigenvalue weighted by Crippen LogP contribution is 2.38. The van der Waals surface area contributed by atoms with Crippen molar-refractivity contribution < 1.29 is 0 Å². The largest absolute Gasteiger partial charge is 0.329 e. The second-order valence-corrected chi connectivity index (χ2v) is 7.31. The summed E-state index contributed by atoms with van der Waals surface area (Å²) in [6.07, 6.45) is 7.15. The third-order valence-electron chi connectivity index (χ3n) is 5.24. The Hall–Kier alpha value is -0.380. The van der Waals surface area contributed by atoms with Crippen LogP contribution in [0.1, 0.15) is 43.7 Å². The Kier molecular flexibility index (Phi) is 4.79. The van der Waals surface area contributed by atoms with E-state index in [0.717, 1.165) is 22.9 Å². The quantitative estimate of drug-likeness (QED) is 0.905. The first kappa shape index (κ1) is 14.6. The third kappa shape index (κ3) is 3.10. The third-order valence-corrected chi connectivity index (χ3v) is 5.77. The average Bonchev–Trinajstić information content (AvgIpc) is 2.50. The molecule has 1 aromatic carbocycles. The number of hydrogen-bond donors (Lipinski definition) is 1. The Morgan fingerprint density at radius 2 is 1.80 bits per heavy atom. The summed E-state index contributed by atoms with van der Waals surface area (Å²) >= 11 is 3.51. The van der Waals surface area contributed by atoms with Crippen molar-refractivity contribution in [3.63, 3.8) is 0 Å². The zero-order valence-electron chi connectivity index (χ0n) is 12.1. The van der Waals surface area contributed by atoms with Gasteiger partial charge in [0.15, 0.2) is 0 Å². The molecule has 2 aliphatic rings. The number of piperidine rings is 1. The highest BCUT2D eigenvalue weighted by Gasteiger charge is 2.33. The number of nitrogens with two attached hydrogens (primary N) is 1. The van der Waals surface area contributed by atoms with E-state index in [0.29, 0.717) is 6.04 Å². The molecule has 0 amide bonds. The number of halogens is 1. The SMILES string of the molecule is NCC(c1ccc(Br)cc1)N1CCC2CCCCC2C1. The topological polar surface area (TPSA) is 29.3 Å². The van der Waals surface area contributed by atoms with E-state index in [1.807, 2.05) is 0 Å². The molecule has 0 spiro atoms. The lowest BCUT2D eigenvalue weighted by molar-refractivity contribution is 0.0586. The summed E-state index contributed by atoms with van der Waals surface area (Å²) in [6, 6.07) is 9.09. The van der Waals surface area contributed by atoms with Gasteiger partial charge in [0.05, 0.1) is 0 Å². The summed E-state index contributed by atoms with van der Waals surface area (Å²) in [5.74, 6) is 1.91. The molecule has 2 nitrogen and oxygen atoms in total. The Labute approximate surface area is 130 Å². The molecule has 0 radical (unpaired) electrons. The zero-order chi connectivity index (χ0) is 13.9. The molecule has 1 aromatic rings. The van der Waals surface area contributed by atoms with E-state index in [1.54, 1.807) is 0 Å². The van der Waals surface area contributed by atoms with Gasteiger partial charge in [-0.3, -0.25) is 4.90 Å². The van der Waals surface area contributed by atoms with Crippen LogP contribution in [0.4, 0.5) is 0 Å². The van der Waals surface area contributed by atoms with Crippen molar-refractivity contribution in [2.24, 2.45) is 17.6 Å². The van der Waals surface area contributed by atoms with Crippen LogP contribution in [0.25, 0.3) is 0 Å². The van der Waals surface area contributed by atoms with E-state index in [2.05, 4.69) is 45.1 Å². The molecule has 1 aliphatic heterocycles. The normalized spacial score (nSPS) is 28.9. The molecule has 0 aromatic heterocycles. The lowest BCUT2D eigenvalue weighted by Gasteiger charge is -2.44. The molecule has 3 rings (SSSR count). The molecule has 3 unspecified atom stereocenters. The molecule has 0 bridgehead atoms. The van der Waals surface area contributed by atoms with Gasteiger partial charge in [0, 0.05) is 23.6 Å². The van der Waals surface area contributed by atoms with Gasteiger partial charge in [-0.15, -0.1) is 0 Å². The van der Waals surface area contributed by atoms with Crippen LogP contribution in [0.5, 0.6) is 0 Å². The van der Waals surface area contributed by atoms with Gasteiger partial charge in [0.25, 0.3) is 0 Å². The number of nitrogens with zero attached hydrogens (tertiary/aromatic N) is 1. The monoisotopic (exact) mass is 336 g/mol. The standard InChI is InChI=1S/C17H25BrN2/c18-16-7-5-14(6-8-16)17(11-19)20-10-9-13-3-1-2-4-15(13)12-20/h5-8,13,15,17H,1-4,9-12,19H2. The molecule has 110 valence electrons. The number of fused-ring (bicyclic) bond motifs is 1. The number of rotatable bonds is 3. The van der Waals surface area contributed by atoms with Crippen LogP contribution in [0.2, 0.25) is 0 Å². The van der Waals surface area contributed by atoms with Crippen molar-refractivity contribution >= 4 is 15.9 Å². The van der Waals surface area contributed by atoms with Gasteiger partial charge in [-0.2, -0.15) is 0 Å². The first-order valence-electron chi connectivity index (χ1n) is 7.97. The van der Waals surface area contributed by atoms with Gasteiger partial charge in [-0.1, -0.05) is 47.3 Å². The van der Waals surface area contributed by atoms with Crippen molar-refractivity contribution in [3.05, 3.63) is 34.3 Å². The van der Waals surface area contributed by atoms with E-state index >= 15 is 0 Å². The molecule has 3 atom stereocenters. The smallest absolute Gasteiger partial charge is 0.0470 e. The fourth-order valence-electron chi connectivity index (χ4n) is 4.09. The highest BCUT2D eigenvalue weighted by molar-refractivity contribution is 9.10. The molecule has 1 aliphatic carbocycles. The first-order valence-corrected chi connectivity index (χ1v) is 8.77. The van der Waals surface area contributed by atoms with Gasteiger partial charge < -0.3 is 5.73 Å². The Balaban J connectivity index is 1.71. The fraction of sp³-hybridized carbons (Fsp3) is 0.647. The van der Waals surface area contributed by atoms with Crippen LogP contribution in [0.15, 0.2) is 28.7 Å². The molecule has 1 heterocycles. The number of benzene rings is 1. The van der Waals surface area contributed by atoms with Crippen LogP contribution in [-0.2, 0) is 0 Å². The zero-order valence-corrected chi connectivity index (χ0v) is 13.7. The maximum atomic E-state index is 6.09. The summed E-state index contributed by atoms with van der Waals surface area (Å²) in [5.41, 5.74) is 7.45. The molecule has 3 heteroatoms. The van der Waals surface area contributed by atoms with E-state index < -0.39 is 0 Å². The Morgan fingerprint density at radius 3 is 2.50 bits per heavy atom. The average molecular weight is 337 g/mol. The van der Waals surface area contributed by atoms with E-state index in [-0.39, 0.29) is 0 Å². The predicted octanol–water partition coefficient (Wildman–Crippen LogP) is 3.96. The molecule has 2 fully saturated rings. The van der Waals surface area contributed by atoms with E-state index in [1.165, 1.54) is 50.8 Å². The molecule has 2 N–H and O–H groups in total. The van der Waals surface area contributed by atoms with E-state index in [9.17, 15) is 0 Å². The molecule has 20 heavy (non-hydrogen) atoms. The molecular weight excluding hydrogens is 312 g/mol. The minimum Gasteiger partial charge on any atom is -0.329 e. The molecule has 1 saturated heterocycles. The number of hydrogen-bond acceptors (Lipinski definition) is 2. The minimum atomic E-state index is 0.394. The van der Waals surface area contributed by atoms with Crippen LogP contribution in [0.3, 0.4) is 0 Å². The summed E-state index contributed by atoms with van der Waals surface area (Å²) < 4.78 is 1.14. The van der Waals surface area contributed by atoms with Gasteiger partial charge in [0.1, 0.15) is 0 Å². The Morgan fingerprint density at radius 1 is 1.10 bits per heavy atom. The van der Waals surface area contributed by atoms with Gasteiger partial charge in [-0.05, 0) is 48.9 Å². The fourth-order valence-corrected chi connectivity index (χ4v) is 4.36. The summed E-state index contributed by atoms with van der Waals surface area (Å²) in [5, 5.41) is 0. The van der Waals surface area contributed by atoms with Gasteiger partial charge >= 0.3 is 0 Å². The van der Waals surface area contributed by atoms with Crippen molar-refractivity contribution in [2.45, 2.75) is 38.1 Å². The van der Waals surface area contributed by atoms with Crippen LogP contribution in [0, 0.1) is 11.8 Å². The lowest BCUT2D eigenvalue weighted by atomic mass is 9.74. The summed E-state index contributed by atoms with van der Waals surface area (Å²) in [4.78, 5) is 2.63. The Bertz CT molecular complexity index is 431. The molecule has 1 saturated carbocycles. The maximum Gasteiger partial charge on any atom is 0.0470 e. The lowest BCUT2D eigenvalue weighted by Crippen LogP contribution is -2.45. The van der Waals surface area contributed by atoms with Crippen molar-refractivity contribution in [1.29, 1.82) is 0 Å². The summed E-state index contributed by atoms with van der Waals surface area (Å²) in [7, 11) is 0. The van der Waals surface area contributed by atoms with Crippen molar-refractivity contribution in [3.8, 4) is 0 Å². The first-order chi connectivity index (χ1) is 9.78. The maximum absolute atomic E-state index is 6.09. The minimum absolute atomic E-state index is 0.394. The van der Waals surface area contributed by atoms with Crippen LogP contribution < -0.4 is 5.73 Å². The predicted molar refractivity (Wildman–Crippen MR) is 87.6 cm³/mol. The van der Waals surface area contributed by atoms with Crippen molar-refractivity contribution in [1.82, 2.24) is 4.90 Å². The van der Waals surface area contributed by atoms with Crippen molar-refractivity contribution in [2.75, 3.05) is 19.6 Å². The van der Waals surface area contributed by atoms with Crippen LogP contribution in [-0.4, -0.2) is 24.5 Å².